The second-order valence-corrected chi connectivity index (χ2v) is 6.87. The SMILES string of the molecule is Cc1cc(C)nc(-n2nc(C)cc2NC(=O)COC(=O)COc2ccccc2Cl)n1. The number of carbonyl (C=O) groups is 2. The molecule has 1 amide bonds. The highest BCUT2D eigenvalue weighted by Gasteiger charge is 2.15. The van der Waals surface area contributed by atoms with E-state index in [0.29, 0.717) is 28.2 Å². The molecule has 1 N–H and O–H groups in total. The molecule has 0 aliphatic carbocycles. The lowest BCUT2D eigenvalue weighted by atomic mass is 10.3. The van der Waals surface area contributed by atoms with Gasteiger partial charge in [-0.05, 0) is 39.0 Å². The van der Waals surface area contributed by atoms with Crippen LogP contribution in [0.3, 0.4) is 0 Å². The Morgan fingerprint density at radius 1 is 1.03 bits per heavy atom. The maximum Gasteiger partial charge on any atom is 0.344 e. The quantitative estimate of drug-likeness (QED) is 0.575. The van der Waals surface area contributed by atoms with Crippen molar-refractivity contribution in [2.75, 3.05) is 18.5 Å². The number of halogens is 1. The van der Waals surface area contributed by atoms with Crippen LogP contribution in [0, 0.1) is 20.8 Å². The highest BCUT2D eigenvalue weighted by molar-refractivity contribution is 6.32. The predicted octanol–water partition coefficient (Wildman–Crippen LogP) is 2.80. The Bertz CT molecular complexity index is 1060. The summed E-state index contributed by atoms with van der Waals surface area (Å²) in [5, 5.41) is 7.34. The van der Waals surface area contributed by atoms with Gasteiger partial charge in [0.2, 0.25) is 0 Å². The Balaban J connectivity index is 1.57. The Labute approximate surface area is 178 Å². The van der Waals surface area contributed by atoms with Gasteiger partial charge in [0.05, 0.1) is 10.7 Å². The number of hydrogen-bond donors (Lipinski definition) is 1. The normalized spacial score (nSPS) is 10.5. The molecule has 0 unspecified atom stereocenters. The molecular formula is C20H20ClN5O4. The number of aryl methyl sites for hydroxylation is 3. The number of benzene rings is 1. The van der Waals surface area contributed by atoms with Crippen molar-refractivity contribution in [1.29, 1.82) is 0 Å². The van der Waals surface area contributed by atoms with Crippen LogP contribution in [0.5, 0.6) is 5.75 Å². The summed E-state index contributed by atoms with van der Waals surface area (Å²) in [6.07, 6.45) is 0. The zero-order chi connectivity index (χ0) is 21.7. The van der Waals surface area contributed by atoms with E-state index in [2.05, 4.69) is 20.4 Å². The van der Waals surface area contributed by atoms with Gasteiger partial charge in [-0.15, -0.1) is 0 Å². The van der Waals surface area contributed by atoms with Gasteiger partial charge in [-0.25, -0.2) is 14.8 Å². The van der Waals surface area contributed by atoms with Crippen LogP contribution in [0.1, 0.15) is 17.1 Å². The molecular weight excluding hydrogens is 410 g/mol. The molecule has 3 aromatic rings. The van der Waals surface area contributed by atoms with Gasteiger partial charge in [0, 0.05) is 17.5 Å². The van der Waals surface area contributed by atoms with Gasteiger partial charge in [0.25, 0.3) is 11.9 Å². The minimum atomic E-state index is -0.701. The van der Waals surface area contributed by atoms with E-state index in [-0.39, 0.29) is 6.61 Å². The molecule has 0 aliphatic rings. The predicted molar refractivity (Wildman–Crippen MR) is 110 cm³/mol. The molecule has 156 valence electrons. The summed E-state index contributed by atoms with van der Waals surface area (Å²) < 4.78 is 11.7. The monoisotopic (exact) mass is 429 g/mol. The molecule has 0 bridgehead atoms. The van der Waals surface area contributed by atoms with E-state index in [1.807, 2.05) is 19.9 Å². The molecule has 0 fully saturated rings. The molecule has 2 aromatic heterocycles. The molecule has 0 radical (unpaired) electrons. The van der Waals surface area contributed by atoms with E-state index in [1.165, 1.54) is 4.68 Å². The molecule has 3 rings (SSSR count). The van der Waals surface area contributed by atoms with Crippen molar-refractivity contribution in [3.8, 4) is 11.7 Å². The van der Waals surface area contributed by atoms with Crippen molar-refractivity contribution >= 4 is 29.3 Å². The molecule has 0 saturated carbocycles. The zero-order valence-electron chi connectivity index (χ0n) is 16.7. The molecule has 0 saturated heterocycles. The molecule has 1 aromatic carbocycles. The summed E-state index contributed by atoms with van der Waals surface area (Å²) in [4.78, 5) is 32.8. The number of rotatable bonds is 7. The molecule has 0 aliphatic heterocycles. The highest BCUT2D eigenvalue weighted by Crippen LogP contribution is 2.22. The van der Waals surface area contributed by atoms with Crippen LogP contribution in [-0.2, 0) is 14.3 Å². The number of ether oxygens (including phenoxy) is 2. The Hall–Kier alpha value is -3.46. The van der Waals surface area contributed by atoms with Gasteiger partial charge in [0.15, 0.2) is 13.2 Å². The molecule has 2 heterocycles. The summed E-state index contributed by atoms with van der Waals surface area (Å²) in [5.41, 5.74) is 2.21. The van der Waals surface area contributed by atoms with Crippen LogP contribution in [0.4, 0.5) is 5.82 Å². The number of para-hydroxylation sites is 1. The van der Waals surface area contributed by atoms with E-state index in [9.17, 15) is 9.59 Å². The number of anilines is 1. The van der Waals surface area contributed by atoms with Gasteiger partial charge >= 0.3 is 5.97 Å². The van der Waals surface area contributed by atoms with Crippen LogP contribution in [0.25, 0.3) is 5.95 Å². The van der Waals surface area contributed by atoms with Gasteiger partial charge < -0.3 is 14.8 Å². The lowest BCUT2D eigenvalue weighted by molar-refractivity contribution is -0.149. The van der Waals surface area contributed by atoms with E-state index >= 15 is 0 Å². The van der Waals surface area contributed by atoms with Crippen molar-refractivity contribution in [2.45, 2.75) is 20.8 Å². The lowest BCUT2D eigenvalue weighted by Gasteiger charge is -2.10. The number of amides is 1. The van der Waals surface area contributed by atoms with Crippen molar-refractivity contribution in [3.63, 3.8) is 0 Å². The van der Waals surface area contributed by atoms with Crippen molar-refractivity contribution < 1.29 is 19.1 Å². The highest BCUT2D eigenvalue weighted by atomic mass is 35.5. The van der Waals surface area contributed by atoms with Crippen molar-refractivity contribution in [3.05, 3.63) is 58.5 Å². The van der Waals surface area contributed by atoms with E-state index in [1.54, 1.807) is 37.3 Å². The van der Waals surface area contributed by atoms with Crippen LogP contribution < -0.4 is 10.1 Å². The number of nitrogens with zero attached hydrogens (tertiary/aromatic N) is 4. The van der Waals surface area contributed by atoms with Crippen molar-refractivity contribution in [1.82, 2.24) is 19.7 Å². The largest absolute Gasteiger partial charge is 0.480 e. The van der Waals surface area contributed by atoms with E-state index in [4.69, 9.17) is 21.1 Å². The Morgan fingerprint density at radius 3 is 2.43 bits per heavy atom. The molecule has 10 heteroatoms. The average Bonchev–Trinajstić information content (AvgIpc) is 3.05. The van der Waals surface area contributed by atoms with Crippen LogP contribution in [0.15, 0.2) is 36.4 Å². The maximum absolute atomic E-state index is 12.2. The standard InChI is InChI=1S/C20H20ClN5O4/c1-12-8-13(2)23-20(22-12)26-17(9-14(3)25-26)24-18(27)10-30-19(28)11-29-16-7-5-4-6-15(16)21/h4-9H,10-11H2,1-3H3,(H,24,27). The molecule has 0 atom stereocenters. The third-order valence-electron chi connectivity index (χ3n) is 3.81. The fraction of sp³-hybridized carbons (Fsp3) is 0.250. The van der Waals surface area contributed by atoms with E-state index in [0.717, 1.165) is 11.4 Å². The summed E-state index contributed by atoms with van der Waals surface area (Å²) in [6.45, 7) is 4.61. The van der Waals surface area contributed by atoms with Gasteiger partial charge in [-0.1, -0.05) is 23.7 Å². The molecule has 9 nitrogen and oxygen atoms in total. The van der Waals surface area contributed by atoms with Crippen LogP contribution in [0.2, 0.25) is 5.02 Å². The minimum Gasteiger partial charge on any atom is -0.480 e. The number of esters is 1. The first-order chi connectivity index (χ1) is 14.3. The topological polar surface area (TPSA) is 108 Å². The number of nitrogens with one attached hydrogen (secondary N) is 1. The molecule has 30 heavy (non-hydrogen) atoms. The van der Waals surface area contributed by atoms with Gasteiger partial charge in [-0.2, -0.15) is 9.78 Å². The summed E-state index contributed by atoms with van der Waals surface area (Å²) >= 11 is 5.95. The van der Waals surface area contributed by atoms with Gasteiger partial charge in [0.1, 0.15) is 11.6 Å². The van der Waals surface area contributed by atoms with E-state index < -0.39 is 18.5 Å². The number of carbonyl (C=O) groups excluding carboxylic acids is 2. The minimum absolute atomic E-state index is 0.334. The van der Waals surface area contributed by atoms with Gasteiger partial charge in [-0.3, -0.25) is 4.79 Å². The van der Waals surface area contributed by atoms with Crippen LogP contribution in [-0.4, -0.2) is 44.8 Å². The third kappa shape index (κ3) is 5.54. The second-order valence-electron chi connectivity index (χ2n) is 6.46. The first kappa shape index (κ1) is 21.3. The third-order valence-corrected chi connectivity index (χ3v) is 4.12. The first-order valence-corrected chi connectivity index (χ1v) is 9.42. The summed E-state index contributed by atoms with van der Waals surface area (Å²) in [6, 6.07) is 10.2. The second kappa shape index (κ2) is 9.36. The number of aromatic nitrogens is 4. The Morgan fingerprint density at radius 2 is 1.73 bits per heavy atom. The lowest BCUT2D eigenvalue weighted by Crippen LogP contribution is -2.25. The number of hydrogen-bond acceptors (Lipinski definition) is 7. The summed E-state index contributed by atoms with van der Waals surface area (Å²) in [7, 11) is 0. The fourth-order valence-corrected chi connectivity index (χ4v) is 2.80. The van der Waals surface area contributed by atoms with Crippen molar-refractivity contribution in [2.24, 2.45) is 0 Å². The molecule has 0 spiro atoms. The average molecular weight is 430 g/mol. The maximum atomic E-state index is 12.2. The Kier molecular flexibility index (Phi) is 6.63. The first-order valence-electron chi connectivity index (χ1n) is 9.04. The smallest absolute Gasteiger partial charge is 0.344 e. The summed E-state index contributed by atoms with van der Waals surface area (Å²) in [5.74, 6) is -0.181. The zero-order valence-corrected chi connectivity index (χ0v) is 17.4. The van der Waals surface area contributed by atoms with Crippen LogP contribution >= 0.6 is 11.6 Å². The fourth-order valence-electron chi connectivity index (χ4n) is 2.61.